The van der Waals surface area contributed by atoms with Crippen molar-refractivity contribution in [2.75, 3.05) is 30.8 Å². The van der Waals surface area contributed by atoms with Crippen LogP contribution in [0, 0.1) is 0 Å². The number of nitrogens with zero attached hydrogens (tertiary/aromatic N) is 1. The molecule has 3 atom stereocenters. The molecule has 0 aliphatic rings. The largest absolute Gasteiger partial charge is 0.497 e. The Bertz CT molecular complexity index is 1320. The van der Waals surface area contributed by atoms with Gasteiger partial charge in [0.15, 0.2) is 0 Å². The van der Waals surface area contributed by atoms with Gasteiger partial charge in [0.2, 0.25) is 10.0 Å². The number of hydrogen-bond donors (Lipinski definition) is 3. The zero-order valence-corrected chi connectivity index (χ0v) is 23.8. The zero-order valence-electron chi connectivity index (χ0n) is 23.0. The van der Waals surface area contributed by atoms with E-state index in [0.29, 0.717) is 24.1 Å². The lowest BCUT2D eigenvalue weighted by molar-refractivity contribution is 0.0825. The van der Waals surface area contributed by atoms with Crippen molar-refractivity contribution in [3.8, 4) is 5.75 Å². The number of aliphatic hydroxyl groups excluding tert-OH is 1. The first-order valence-corrected chi connectivity index (χ1v) is 14.7. The lowest BCUT2D eigenvalue weighted by Crippen LogP contribution is -2.49. The molecule has 9 heteroatoms. The van der Waals surface area contributed by atoms with Crippen LogP contribution in [0.5, 0.6) is 5.75 Å². The van der Waals surface area contributed by atoms with E-state index in [1.54, 1.807) is 38.3 Å². The monoisotopic (exact) mass is 553 g/mol. The van der Waals surface area contributed by atoms with Gasteiger partial charge in [0.05, 0.1) is 30.7 Å². The third-order valence-corrected chi connectivity index (χ3v) is 8.63. The second-order valence-corrected chi connectivity index (χ2v) is 11.7. The number of methoxy groups -OCH3 is 1. The van der Waals surface area contributed by atoms with Crippen molar-refractivity contribution < 1.29 is 23.1 Å². The Balaban J connectivity index is 1.75. The summed E-state index contributed by atoms with van der Waals surface area (Å²) in [6, 6.07) is 23.2. The highest BCUT2D eigenvalue weighted by Crippen LogP contribution is 2.20. The normalized spacial score (nSPS) is 13.8. The summed E-state index contributed by atoms with van der Waals surface area (Å²) in [6.45, 7) is 4.05. The minimum Gasteiger partial charge on any atom is -0.497 e. The summed E-state index contributed by atoms with van der Waals surface area (Å²) in [7, 11) is -0.375. The van der Waals surface area contributed by atoms with Gasteiger partial charge >= 0.3 is 0 Å². The van der Waals surface area contributed by atoms with Crippen LogP contribution in [-0.4, -0.2) is 58.0 Å². The second kappa shape index (κ2) is 14.1. The van der Waals surface area contributed by atoms with E-state index >= 15 is 0 Å². The van der Waals surface area contributed by atoms with Crippen molar-refractivity contribution in [3.63, 3.8) is 0 Å². The number of carbonyl (C=O) groups is 1. The molecule has 3 N–H and O–H groups in total. The molecule has 210 valence electrons. The molecule has 0 fully saturated rings. The van der Waals surface area contributed by atoms with Crippen LogP contribution in [0.25, 0.3) is 0 Å². The molecule has 0 heterocycles. The standard InChI is InChI=1S/C30H39N3O5S/c1-5-17-39(36,37)33(3)26-15-9-14-25(19-26)30(35)32-28(18-23-11-7-6-8-12-23)29(34)21-31-22(2)24-13-10-16-27(20-24)38-4/h6-16,19-20,22,28-29,31,34H,5,17-18,21H2,1-4H3,(H,32,35)/t22-,28+,29-/m1/s1. The first-order chi connectivity index (χ1) is 18.6. The van der Waals surface area contributed by atoms with E-state index in [4.69, 9.17) is 4.74 Å². The van der Waals surface area contributed by atoms with Gasteiger partial charge in [-0.05, 0) is 61.2 Å². The van der Waals surface area contributed by atoms with Crippen LogP contribution in [0.2, 0.25) is 0 Å². The molecule has 0 saturated carbocycles. The molecule has 3 aromatic rings. The van der Waals surface area contributed by atoms with Gasteiger partial charge in [-0.1, -0.05) is 55.5 Å². The van der Waals surface area contributed by atoms with E-state index in [1.165, 1.54) is 11.4 Å². The smallest absolute Gasteiger partial charge is 0.251 e. The van der Waals surface area contributed by atoms with Gasteiger partial charge in [0.25, 0.3) is 5.91 Å². The van der Waals surface area contributed by atoms with E-state index in [9.17, 15) is 18.3 Å². The summed E-state index contributed by atoms with van der Waals surface area (Å²) >= 11 is 0. The summed E-state index contributed by atoms with van der Waals surface area (Å²) in [5, 5.41) is 17.5. The number of amides is 1. The molecule has 0 aromatic heterocycles. The van der Waals surface area contributed by atoms with E-state index in [0.717, 1.165) is 16.9 Å². The number of nitrogens with one attached hydrogen (secondary N) is 2. The second-order valence-electron chi connectivity index (χ2n) is 9.58. The Morgan fingerprint density at radius 3 is 2.44 bits per heavy atom. The van der Waals surface area contributed by atoms with Gasteiger partial charge in [-0.25, -0.2) is 8.42 Å². The highest BCUT2D eigenvalue weighted by atomic mass is 32.2. The van der Waals surface area contributed by atoms with Crippen molar-refractivity contribution in [2.45, 2.75) is 44.9 Å². The molecule has 0 aliphatic carbocycles. The molecule has 39 heavy (non-hydrogen) atoms. The van der Waals surface area contributed by atoms with Crippen LogP contribution in [0.15, 0.2) is 78.9 Å². The van der Waals surface area contributed by atoms with Gasteiger partial charge < -0.3 is 20.5 Å². The molecular weight excluding hydrogens is 514 g/mol. The zero-order chi connectivity index (χ0) is 28.4. The van der Waals surface area contributed by atoms with Crippen molar-refractivity contribution >= 4 is 21.6 Å². The van der Waals surface area contributed by atoms with Gasteiger partial charge in [0.1, 0.15) is 5.75 Å². The van der Waals surface area contributed by atoms with E-state index in [-0.39, 0.29) is 24.2 Å². The third-order valence-electron chi connectivity index (χ3n) is 6.66. The summed E-state index contributed by atoms with van der Waals surface area (Å²) in [4.78, 5) is 13.3. The molecule has 8 nitrogen and oxygen atoms in total. The van der Waals surface area contributed by atoms with Crippen molar-refractivity contribution in [1.29, 1.82) is 0 Å². The highest BCUT2D eigenvalue weighted by molar-refractivity contribution is 7.92. The Hall–Kier alpha value is -3.40. The number of carbonyl (C=O) groups excluding carboxylic acids is 1. The minimum atomic E-state index is -3.48. The summed E-state index contributed by atoms with van der Waals surface area (Å²) < 4.78 is 31.6. The lowest BCUT2D eigenvalue weighted by Gasteiger charge is -2.27. The molecule has 0 unspecified atom stereocenters. The van der Waals surface area contributed by atoms with Crippen LogP contribution in [0.3, 0.4) is 0 Å². The number of aliphatic hydroxyl groups is 1. The lowest BCUT2D eigenvalue weighted by atomic mass is 9.99. The maximum atomic E-state index is 13.3. The van der Waals surface area contributed by atoms with Gasteiger partial charge in [0, 0.05) is 25.2 Å². The Labute approximate surface area is 232 Å². The van der Waals surface area contributed by atoms with Crippen LogP contribution in [0.4, 0.5) is 5.69 Å². The molecule has 1 amide bonds. The molecule has 3 rings (SSSR count). The fraction of sp³-hybridized carbons (Fsp3) is 0.367. The van der Waals surface area contributed by atoms with E-state index in [1.807, 2.05) is 61.5 Å². The Morgan fingerprint density at radius 2 is 1.74 bits per heavy atom. The average Bonchev–Trinajstić information content (AvgIpc) is 2.95. The van der Waals surface area contributed by atoms with E-state index < -0.39 is 22.2 Å². The maximum Gasteiger partial charge on any atom is 0.251 e. The molecule has 0 radical (unpaired) electrons. The summed E-state index contributed by atoms with van der Waals surface area (Å²) in [5.41, 5.74) is 2.71. The minimum absolute atomic E-state index is 0.0203. The van der Waals surface area contributed by atoms with Gasteiger partial charge in [-0.3, -0.25) is 9.10 Å². The van der Waals surface area contributed by atoms with Crippen molar-refractivity contribution in [2.24, 2.45) is 0 Å². The number of hydrogen-bond acceptors (Lipinski definition) is 6. The molecular formula is C30H39N3O5S. The Morgan fingerprint density at radius 1 is 1.03 bits per heavy atom. The fourth-order valence-corrected chi connectivity index (χ4v) is 5.49. The molecule has 0 aliphatic heterocycles. The molecule has 0 bridgehead atoms. The van der Waals surface area contributed by atoms with Crippen LogP contribution < -0.4 is 19.7 Å². The number of anilines is 1. The third kappa shape index (κ3) is 8.54. The molecule has 0 spiro atoms. The Kier molecular flexibility index (Phi) is 10.9. The highest BCUT2D eigenvalue weighted by Gasteiger charge is 2.24. The summed E-state index contributed by atoms with van der Waals surface area (Å²) in [5.74, 6) is 0.386. The number of rotatable bonds is 14. The molecule has 0 saturated heterocycles. The first kappa shape index (κ1) is 30.1. The summed E-state index contributed by atoms with van der Waals surface area (Å²) in [6.07, 6.45) is 0.0297. The quantitative estimate of drug-likeness (QED) is 0.279. The number of sulfonamides is 1. The van der Waals surface area contributed by atoms with E-state index in [2.05, 4.69) is 10.6 Å². The predicted molar refractivity (Wildman–Crippen MR) is 156 cm³/mol. The van der Waals surface area contributed by atoms with Gasteiger partial charge in [-0.2, -0.15) is 0 Å². The maximum absolute atomic E-state index is 13.3. The predicted octanol–water partition coefficient (Wildman–Crippen LogP) is 3.92. The fourth-order valence-electron chi connectivity index (χ4n) is 4.27. The number of benzene rings is 3. The molecule has 3 aromatic carbocycles. The van der Waals surface area contributed by atoms with Gasteiger partial charge in [-0.15, -0.1) is 0 Å². The van der Waals surface area contributed by atoms with Crippen molar-refractivity contribution in [3.05, 3.63) is 95.6 Å². The van der Waals surface area contributed by atoms with Crippen LogP contribution in [0.1, 0.15) is 47.8 Å². The topological polar surface area (TPSA) is 108 Å². The van der Waals surface area contributed by atoms with Crippen LogP contribution in [-0.2, 0) is 16.4 Å². The number of ether oxygens (including phenoxy) is 1. The first-order valence-electron chi connectivity index (χ1n) is 13.1. The van der Waals surface area contributed by atoms with Crippen molar-refractivity contribution in [1.82, 2.24) is 10.6 Å². The SMILES string of the molecule is CCCS(=O)(=O)N(C)c1cccc(C(=O)N[C@@H](Cc2ccccc2)[C@H](O)CN[C@H](C)c2cccc(OC)c2)c1. The average molecular weight is 554 g/mol. The van der Waals surface area contributed by atoms with Crippen LogP contribution >= 0.6 is 0 Å².